The van der Waals surface area contributed by atoms with Crippen LogP contribution >= 0.6 is 11.3 Å². The Morgan fingerprint density at radius 3 is 2.47 bits per heavy atom. The van der Waals surface area contributed by atoms with Crippen LogP contribution in [0.5, 0.6) is 0 Å². The Morgan fingerprint density at radius 2 is 1.80 bits per heavy atom. The first-order valence-corrected chi connectivity index (χ1v) is 11.1. The van der Waals surface area contributed by atoms with Crippen LogP contribution in [-0.2, 0) is 21.4 Å². The molecular weight excluding hydrogens is 424 g/mol. The Kier molecular flexibility index (Phi) is 5.20. The van der Waals surface area contributed by atoms with Crippen LogP contribution in [0, 0.1) is 0 Å². The van der Waals surface area contributed by atoms with Gasteiger partial charge in [0.05, 0.1) is 16.6 Å². The lowest BCUT2D eigenvalue weighted by atomic mass is 10.2. The second-order valence-electron chi connectivity index (χ2n) is 6.49. The highest BCUT2D eigenvalue weighted by Gasteiger charge is 2.13. The van der Waals surface area contributed by atoms with E-state index in [4.69, 9.17) is 5.14 Å². The van der Waals surface area contributed by atoms with Crippen LogP contribution in [0.4, 0.5) is 5.69 Å². The predicted molar refractivity (Wildman–Crippen MR) is 116 cm³/mol. The SMILES string of the molecule is NS(=O)(=O)c1ccc(NC(=O)Cn2cnc3sc(-c4ccccc4)cc3c2=O)cc1. The van der Waals surface area contributed by atoms with Crippen molar-refractivity contribution in [2.75, 3.05) is 5.32 Å². The Morgan fingerprint density at radius 1 is 1.10 bits per heavy atom. The molecule has 0 unspecified atom stereocenters. The molecule has 0 saturated carbocycles. The van der Waals surface area contributed by atoms with Crippen molar-refractivity contribution in [1.29, 1.82) is 0 Å². The predicted octanol–water partition coefficient (Wildman–Crippen LogP) is 2.41. The zero-order chi connectivity index (χ0) is 21.3. The first kappa shape index (κ1) is 20.0. The summed E-state index contributed by atoms with van der Waals surface area (Å²) < 4.78 is 23.8. The van der Waals surface area contributed by atoms with Gasteiger partial charge in [-0.25, -0.2) is 18.5 Å². The van der Waals surface area contributed by atoms with Crippen molar-refractivity contribution in [2.45, 2.75) is 11.4 Å². The normalized spacial score (nSPS) is 11.5. The van der Waals surface area contributed by atoms with E-state index in [2.05, 4.69) is 10.3 Å². The Hall–Kier alpha value is -3.34. The third kappa shape index (κ3) is 4.15. The number of aromatic nitrogens is 2. The zero-order valence-corrected chi connectivity index (χ0v) is 17.1. The molecule has 0 fully saturated rings. The van der Waals surface area contributed by atoms with Crippen LogP contribution in [0.25, 0.3) is 20.7 Å². The third-order valence-electron chi connectivity index (χ3n) is 4.36. The third-order valence-corrected chi connectivity index (χ3v) is 6.38. The van der Waals surface area contributed by atoms with Gasteiger partial charge in [0.15, 0.2) is 0 Å². The fourth-order valence-corrected chi connectivity index (χ4v) is 4.41. The highest BCUT2D eigenvalue weighted by molar-refractivity contribution is 7.89. The van der Waals surface area contributed by atoms with E-state index in [9.17, 15) is 18.0 Å². The standard InChI is InChI=1S/C20H16N4O4S2/c21-30(27,28)15-8-6-14(7-9-15)23-18(25)11-24-12-22-19-16(20(24)26)10-17(29-19)13-4-2-1-3-5-13/h1-10,12H,11H2,(H,23,25)(H2,21,27,28). The number of carbonyl (C=O) groups is 1. The van der Waals surface area contributed by atoms with Crippen molar-refractivity contribution in [3.05, 3.63) is 77.3 Å². The second kappa shape index (κ2) is 7.82. The summed E-state index contributed by atoms with van der Waals surface area (Å²) in [6, 6.07) is 16.9. The molecule has 4 rings (SSSR count). The number of sulfonamides is 1. The smallest absolute Gasteiger partial charge is 0.262 e. The number of hydrogen-bond donors (Lipinski definition) is 2. The van der Waals surface area contributed by atoms with Crippen LogP contribution < -0.4 is 16.0 Å². The van der Waals surface area contributed by atoms with Gasteiger partial charge in [-0.05, 0) is 35.9 Å². The van der Waals surface area contributed by atoms with Crippen molar-refractivity contribution in [3.63, 3.8) is 0 Å². The lowest BCUT2D eigenvalue weighted by Gasteiger charge is -2.07. The summed E-state index contributed by atoms with van der Waals surface area (Å²) in [5.41, 5.74) is 1.07. The molecule has 152 valence electrons. The van der Waals surface area contributed by atoms with Crippen LogP contribution in [0.15, 0.2) is 76.7 Å². The van der Waals surface area contributed by atoms with Crippen LogP contribution in [0.2, 0.25) is 0 Å². The number of thiophene rings is 1. The van der Waals surface area contributed by atoms with Gasteiger partial charge in [-0.2, -0.15) is 0 Å². The molecule has 2 aromatic heterocycles. The first-order chi connectivity index (χ1) is 14.3. The minimum Gasteiger partial charge on any atom is -0.325 e. The quantitative estimate of drug-likeness (QED) is 0.493. The van der Waals surface area contributed by atoms with Gasteiger partial charge in [0.2, 0.25) is 15.9 Å². The maximum atomic E-state index is 12.8. The topological polar surface area (TPSA) is 124 Å². The molecule has 0 aliphatic carbocycles. The van der Waals surface area contributed by atoms with E-state index in [0.29, 0.717) is 15.9 Å². The summed E-state index contributed by atoms with van der Waals surface area (Å²) in [5.74, 6) is -0.444. The summed E-state index contributed by atoms with van der Waals surface area (Å²) in [6.07, 6.45) is 1.35. The molecule has 4 aromatic rings. The van der Waals surface area contributed by atoms with Crippen LogP contribution in [-0.4, -0.2) is 23.9 Å². The molecule has 0 aliphatic rings. The minimum atomic E-state index is -3.81. The molecule has 1 amide bonds. The van der Waals surface area contributed by atoms with E-state index >= 15 is 0 Å². The van der Waals surface area contributed by atoms with Gasteiger partial charge in [-0.15, -0.1) is 11.3 Å². The number of anilines is 1. The number of primary sulfonamides is 1. The lowest BCUT2D eigenvalue weighted by molar-refractivity contribution is -0.116. The van der Waals surface area contributed by atoms with Gasteiger partial charge in [-0.1, -0.05) is 30.3 Å². The summed E-state index contributed by atoms with van der Waals surface area (Å²) >= 11 is 1.41. The molecule has 0 spiro atoms. The van der Waals surface area contributed by atoms with Gasteiger partial charge in [-0.3, -0.25) is 14.2 Å². The molecule has 0 saturated heterocycles. The Labute approximate surface area is 175 Å². The molecule has 10 heteroatoms. The van der Waals surface area contributed by atoms with E-state index in [1.54, 1.807) is 6.07 Å². The average molecular weight is 441 g/mol. The van der Waals surface area contributed by atoms with E-state index in [0.717, 1.165) is 10.4 Å². The van der Waals surface area contributed by atoms with E-state index in [-0.39, 0.29) is 17.0 Å². The van der Waals surface area contributed by atoms with Gasteiger partial charge in [0.1, 0.15) is 11.4 Å². The molecule has 2 heterocycles. The van der Waals surface area contributed by atoms with Crippen molar-refractivity contribution in [1.82, 2.24) is 9.55 Å². The maximum Gasteiger partial charge on any atom is 0.262 e. The van der Waals surface area contributed by atoms with Crippen molar-refractivity contribution in [2.24, 2.45) is 5.14 Å². The fraction of sp³-hybridized carbons (Fsp3) is 0.0500. The lowest BCUT2D eigenvalue weighted by Crippen LogP contribution is -2.27. The number of hydrogen-bond acceptors (Lipinski definition) is 6. The average Bonchev–Trinajstić information content (AvgIpc) is 3.16. The van der Waals surface area contributed by atoms with Crippen LogP contribution in [0.3, 0.4) is 0 Å². The van der Waals surface area contributed by atoms with Gasteiger partial charge < -0.3 is 5.32 Å². The van der Waals surface area contributed by atoms with Gasteiger partial charge in [0, 0.05) is 10.6 Å². The van der Waals surface area contributed by atoms with E-state index in [1.807, 2.05) is 30.3 Å². The Bertz CT molecular complexity index is 1390. The number of benzene rings is 2. The molecule has 0 bridgehead atoms. The number of amides is 1. The molecule has 0 aliphatic heterocycles. The minimum absolute atomic E-state index is 0.0574. The van der Waals surface area contributed by atoms with Crippen molar-refractivity contribution >= 4 is 43.2 Å². The Balaban J connectivity index is 1.54. The molecule has 30 heavy (non-hydrogen) atoms. The zero-order valence-electron chi connectivity index (χ0n) is 15.5. The molecule has 8 nitrogen and oxygen atoms in total. The molecule has 2 aromatic carbocycles. The molecular formula is C20H16N4O4S2. The monoisotopic (exact) mass is 440 g/mol. The van der Waals surface area contributed by atoms with E-state index in [1.165, 1.54) is 46.5 Å². The molecule has 3 N–H and O–H groups in total. The van der Waals surface area contributed by atoms with Crippen molar-refractivity contribution in [3.8, 4) is 10.4 Å². The fourth-order valence-electron chi connectivity index (χ4n) is 2.90. The van der Waals surface area contributed by atoms with Gasteiger partial charge >= 0.3 is 0 Å². The number of nitrogens with zero attached hydrogens (tertiary/aromatic N) is 2. The number of carbonyl (C=O) groups excluding carboxylic acids is 1. The molecule has 0 atom stereocenters. The number of nitrogens with two attached hydrogens (primary N) is 1. The summed E-state index contributed by atoms with van der Waals surface area (Å²) in [4.78, 5) is 30.9. The number of nitrogens with one attached hydrogen (secondary N) is 1. The highest BCUT2D eigenvalue weighted by atomic mass is 32.2. The van der Waals surface area contributed by atoms with Crippen molar-refractivity contribution < 1.29 is 13.2 Å². The summed E-state index contributed by atoms with van der Waals surface area (Å²) in [5, 5.41) is 8.12. The highest BCUT2D eigenvalue weighted by Crippen LogP contribution is 2.30. The van der Waals surface area contributed by atoms with Crippen LogP contribution in [0.1, 0.15) is 0 Å². The maximum absolute atomic E-state index is 12.8. The summed E-state index contributed by atoms with van der Waals surface area (Å²) in [6.45, 7) is -0.227. The second-order valence-corrected chi connectivity index (χ2v) is 9.08. The van der Waals surface area contributed by atoms with E-state index < -0.39 is 15.9 Å². The largest absolute Gasteiger partial charge is 0.325 e. The van der Waals surface area contributed by atoms with Gasteiger partial charge in [0.25, 0.3) is 5.56 Å². The summed E-state index contributed by atoms with van der Waals surface area (Å²) in [7, 11) is -3.81. The number of fused-ring (bicyclic) bond motifs is 1. The molecule has 0 radical (unpaired) electrons. The first-order valence-electron chi connectivity index (χ1n) is 8.78. The number of rotatable bonds is 5.